The zero-order valence-electron chi connectivity index (χ0n) is 23.7. The number of rotatable bonds is 6. The number of likely N-dealkylation sites (tertiary alicyclic amines) is 2. The summed E-state index contributed by atoms with van der Waals surface area (Å²) in [5.74, 6) is -0.694. The number of likely N-dealkylation sites (N-methyl/N-ethyl adjacent to an activating group) is 1. The molecule has 1 aliphatic carbocycles. The van der Waals surface area contributed by atoms with E-state index < -0.39 is 18.4 Å². The second-order valence-electron chi connectivity index (χ2n) is 12.1. The Labute approximate surface area is 251 Å². The highest BCUT2D eigenvalue weighted by Crippen LogP contribution is 2.37. The second-order valence-corrected chi connectivity index (χ2v) is 12.9. The van der Waals surface area contributed by atoms with Crippen molar-refractivity contribution in [2.24, 2.45) is 11.8 Å². The molecule has 2 amide bonds. The number of nitrogens with zero attached hydrogens (tertiary/aromatic N) is 3. The van der Waals surface area contributed by atoms with Gasteiger partial charge in [-0.1, -0.05) is 29.3 Å². The van der Waals surface area contributed by atoms with E-state index in [1.165, 1.54) is 0 Å². The molecule has 1 saturated carbocycles. The molecule has 0 unspecified atom stereocenters. The average Bonchev–Trinajstić information content (AvgIpc) is 3.44. The van der Waals surface area contributed by atoms with E-state index in [4.69, 9.17) is 32.7 Å². The van der Waals surface area contributed by atoms with Gasteiger partial charge in [-0.15, -0.1) is 0 Å². The maximum absolute atomic E-state index is 13.8. The first-order valence-corrected chi connectivity index (χ1v) is 15.7. The summed E-state index contributed by atoms with van der Waals surface area (Å²) in [5.41, 5.74) is 0.908. The Morgan fingerprint density at radius 2 is 1.66 bits per heavy atom. The second kappa shape index (κ2) is 13.7. The molecule has 3 saturated heterocycles. The number of carbonyl (C=O) groups excluding carboxylic acids is 2. The molecular weight excluding hydrogens is 575 g/mol. The number of carbonyl (C=O) groups is 2. The summed E-state index contributed by atoms with van der Waals surface area (Å²) < 4.78 is 37.4. The quantitative estimate of drug-likeness (QED) is 0.389. The normalized spacial score (nSPS) is 28.7. The van der Waals surface area contributed by atoms with Crippen molar-refractivity contribution in [2.75, 3.05) is 46.4 Å². The first-order chi connectivity index (χ1) is 19.7. The van der Waals surface area contributed by atoms with E-state index in [1.54, 1.807) is 18.0 Å². The van der Waals surface area contributed by atoms with Gasteiger partial charge in [0.05, 0.1) is 16.1 Å². The minimum absolute atomic E-state index is 0.0402. The monoisotopic (exact) mass is 615 g/mol. The van der Waals surface area contributed by atoms with Crippen molar-refractivity contribution in [3.8, 4) is 0 Å². The van der Waals surface area contributed by atoms with Gasteiger partial charge in [-0.25, -0.2) is 13.6 Å². The van der Waals surface area contributed by atoms with E-state index in [-0.39, 0.29) is 29.9 Å². The molecule has 4 fully saturated rings. The summed E-state index contributed by atoms with van der Waals surface area (Å²) >= 11 is 12.5. The molecule has 1 aromatic rings. The maximum Gasteiger partial charge on any atom is 0.410 e. The molecule has 0 radical (unpaired) electrons. The molecule has 0 aromatic heterocycles. The van der Waals surface area contributed by atoms with Gasteiger partial charge >= 0.3 is 6.09 Å². The van der Waals surface area contributed by atoms with Gasteiger partial charge in [-0.2, -0.15) is 0 Å². The van der Waals surface area contributed by atoms with Crippen LogP contribution in [0.3, 0.4) is 0 Å². The van der Waals surface area contributed by atoms with Crippen LogP contribution in [0.1, 0.15) is 62.8 Å². The molecule has 4 aliphatic rings. The molecule has 7 nitrogen and oxygen atoms in total. The van der Waals surface area contributed by atoms with Crippen LogP contribution in [0.4, 0.5) is 13.6 Å². The van der Waals surface area contributed by atoms with Crippen molar-refractivity contribution in [1.29, 1.82) is 0 Å². The fourth-order valence-corrected chi connectivity index (χ4v) is 7.38. The summed E-state index contributed by atoms with van der Waals surface area (Å²) in [4.78, 5) is 33.0. The Morgan fingerprint density at radius 1 is 0.976 bits per heavy atom. The Kier molecular flexibility index (Phi) is 10.3. The Morgan fingerprint density at radius 3 is 2.29 bits per heavy atom. The smallest absolute Gasteiger partial charge is 0.410 e. The lowest BCUT2D eigenvalue weighted by atomic mass is 9.88. The van der Waals surface area contributed by atoms with Gasteiger partial charge in [0.25, 0.3) is 0 Å². The van der Waals surface area contributed by atoms with Crippen LogP contribution in [0.2, 0.25) is 10.0 Å². The molecule has 1 aromatic carbocycles. The Balaban J connectivity index is 1.24. The lowest BCUT2D eigenvalue weighted by molar-refractivity contribution is -0.136. The first-order valence-electron chi connectivity index (χ1n) is 15.0. The highest BCUT2D eigenvalue weighted by molar-refractivity contribution is 6.42. The van der Waals surface area contributed by atoms with Crippen molar-refractivity contribution in [3.63, 3.8) is 0 Å². The number of amides is 2. The molecule has 0 spiro atoms. The zero-order valence-corrected chi connectivity index (χ0v) is 25.2. The Bertz CT molecular complexity index is 1060. The standard InChI is InChI=1S/C30H41Cl2F2N3O4/c1-35(30(39)41-23-5-2-19(3-6-23)28(33)34)27-18-37(17-24(27)21-4-7-25(31)26(32)16-21)29(38)20-8-12-36(13-9-20)22-10-14-40-15-11-22/h4,7,16,19-20,22-24,27-28H,2-3,5-6,8-15,17-18H2,1H3/t19-,23-,24-,27-/m1/s1. The molecule has 3 aliphatic heterocycles. The fourth-order valence-electron chi connectivity index (χ4n) is 7.07. The summed E-state index contributed by atoms with van der Waals surface area (Å²) in [6.07, 6.45) is 2.14. The van der Waals surface area contributed by atoms with Crippen molar-refractivity contribution < 1.29 is 27.8 Å². The van der Waals surface area contributed by atoms with Gasteiger partial charge in [-0.3, -0.25) is 4.79 Å². The number of piperidine rings is 1. The number of benzene rings is 1. The van der Waals surface area contributed by atoms with Crippen LogP contribution in [-0.4, -0.2) is 97.8 Å². The molecule has 228 valence electrons. The van der Waals surface area contributed by atoms with Gasteiger partial charge in [0.15, 0.2) is 0 Å². The van der Waals surface area contributed by atoms with E-state index in [0.29, 0.717) is 54.9 Å². The van der Waals surface area contributed by atoms with Crippen LogP contribution < -0.4 is 0 Å². The predicted octanol–water partition coefficient (Wildman–Crippen LogP) is 6.07. The lowest BCUT2D eigenvalue weighted by Crippen LogP contribution is -2.47. The lowest BCUT2D eigenvalue weighted by Gasteiger charge is -2.39. The number of halogens is 4. The van der Waals surface area contributed by atoms with Crippen LogP contribution >= 0.6 is 23.2 Å². The molecular formula is C30H41Cl2F2N3O4. The minimum Gasteiger partial charge on any atom is -0.446 e. The number of ether oxygens (including phenoxy) is 2. The van der Waals surface area contributed by atoms with Crippen molar-refractivity contribution >= 4 is 35.2 Å². The summed E-state index contributed by atoms with van der Waals surface area (Å²) in [6, 6.07) is 5.68. The SMILES string of the molecule is CN(C(=O)O[C@H]1CC[C@H](C(F)F)CC1)[C@@H]1CN(C(=O)C2CCN(C3CCOCC3)CC2)C[C@@H]1c1ccc(Cl)c(Cl)c1. The summed E-state index contributed by atoms with van der Waals surface area (Å²) in [6.45, 7) is 4.30. The van der Waals surface area contributed by atoms with Gasteiger partial charge in [0, 0.05) is 57.1 Å². The van der Waals surface area contributed by atoms with Crippen molar-refractivity contribution in [1.82, 2.24) is 14.7 Å². The van der Waals surface area contributed by atoms with E-state index >= 15 is 0 Å². The highest BCUT2D eigenvalue weighted by Gasteiger charge is 2.43. The zero-order chi connectivity index (χ0) is 29.1. The summed E-state index contributed by atoms with van der Waals surface area (Å²) in [7, 11) is 1.70. The molecule has 0 N–H and O–H groups in total. The third kappa shape index (κ3) is 7.28. The van der Waals surface area contributed by atoms with Gasteiger partial charge < -0.3 is 24.2 Å². The number of alkyl halides is 2. The van der Waals surface area contributed by atoms with E-state index in [2.05, 4.69) is 4.90 Å². The van der Waals surface area contributed by atoms with Crippen molar-refractivity contribution in [3.05, 3.63) is 33.8 Å². The maximum atomic E-state index is 13.8. The van der Waals surface area contributed by atoms with Gasteiger partial charge in [0.2, 0.25) is 12.3 Å². The van der Waals surface area contributed by atoms with E-state index in [1.807, 2.05) is 17.0 Å². The largest absolute Gasteiger partial charge is 0.446 e. The van der Waals surface area contributed by atoms with Crippen LogP contribution in [0.15, 0.2) is 18.2 Å². The third-order valence-corrected chi connectivity index (χ3v) is 10.4. The summed E-state index contributed by atoms with van der Waals surface area (Å²) in [5, 5.41) is 0.871. The topological polar surface area (TPSA) is 62.3 Å². The van der Waals surface area contributed by atoms with E-state index in [9.17, 15) is 18.4 Å². The van der Waals surface area contributed by atoms with Crippen LogP contribution in [0.25, 0.3) is 0 Å². The molecule has 41 heavy (non-hydrogen) atoms. The average molecular weight is 617 g/mol. The van der Waals surface area contributed by atoms with Crippen LogP contribution in [0.5, 0.6) is 0 Å². The first kappa shape index (κ1) is 30.8. The van der Waals surface area contributed by atoms with Gasteiger partial charge in [0.1, 0.15) is 6.10 Å². The van der Waals surface area contributed by atoms with Crippen molar-refractivity contribution in [2.45, 2.75) is 81.9 Å². The van der Waals surface area contributed by atoms with Crippen LogP contribution in [0, 0.1) is 11.8 Å². The van der Waals surface area contributed by atoms with E-state index in [0.717, 1.165) is 57.6 Å². The molecule has 2 atom stereocenters. The number of hydrogen-bond acceptors (Lipinski definition) is 5. The molecule has 5 rings (SSSR count). The minimum atomic E-state index is -2.34. The molecule has 11 heteroatoms. The van der Waals surface area contributed by atoms with Gasteiger partial charge in [-0.05, 0) is 82.2 Å². The third-order valence-electron chi connectivity index (χ3n) is 9.69. The van der Waals surface area contributed by atoms with Crippen LogP contribution in [-0.2, 0) is 14.3 Å². The molecule has 0 bridgehead atoms. The fraction of sp³-hybridized carbons (Fsp3) is 0.733. The Hall–Kier alpha value is -1.68. The predicted molar refractivity (Wildman–Crippen MR) is 154 cm³/mol. The highest BCUT2D eigenvalue weighted by atomic mass is 35.5. The number of hydrogen-bond donors (Lipinski definition) is 0. The molecule has 3 heterocycles.